The number of hydrogen-bond acceptors (Lipinski definition) is 4. The van der Waals surface area contributed by atoms with E-state index in [1.807, 2.05) is 12.1 Å². The molecule has 0 saturated carbocycles. The number of piperidine rings is 1. The minimum Gasteiger partial charge on any atom is -0.350 e. The number of aromatic nitrogens is 3. The van der Waals surface area contributed by atoms with Crippen LogP contribution in [0, 0.1) is 0 Å². The fourth-order valence-electron chi connectivity index (χ4n) is 2.52. The van der Waals surface area contributed by atoms with Crippen molar-refractivity contribution in [3.05, 3.63) is 23.4 Å². The number of nitrogens with zero attached hydrogens (tertiary/aromatic N) is 4. The van der Waals surface area contributed by atoms with Crippen LogP contribution in [0.2, 0.25) is 5.02 Å². The van der Waals surface area contributed by atoms with Crippen molar-refractivity contribution in [3.8, 4) is 0 Å². The number of hydrogen-bond donors (Lipinski definition) is 1. The molecule has 3 heterocycles. The summed E-state index contributed by atoms with van der Waals surface area (Å²) in [5, 5.41) is 8.50. The van der Waals surface area contributed by atoms with E-state index in [0.717, 1.165) is 25.0 Å². The Morgan fingerprint density at radius 1 is 1.42 bits per heavy atom. The number of fused-ring (bicyclic) bond motifs is 1. The second-order valence-corrected chi connectivity index (χ2v) is 5.72. The minimum absolute atomic E-state index is 0.444. The molecular formula is C13H18ClN5. The lowest BCUT2D eigenvalue weighted by Gasteiger charge is -2.35. The summed E-state index contributed by atoms with van der Waals surface area (Å²) in [5.41, 5.74) is 0.813. The van der Waals surface area contributed by atoms with E-state index < -0.39 is 0 Å². The van der Waals surface area contributed by atoms with Gasteiger partial charge in [0.25, 0.3) is 0 Å². The fraction of sp³-hybridized carbons (Fsp3) is 0.538. The van der Waals surface area contributed by atoms with E-state index in [1.54, 1.807) is 10.7 Å². The maximum absolute atomic E-state index is 5.94. The highest BCUT2D eigenvalue weighted by atomic mass is 35.5. The van der Waals surface area contributed by atoms with Gasteiger partial charge in [0.15, 0.2) is 5.65 Å². The van der Waals surface area contributed by atoms with Crippen LogP contribution < -0.4 is 5.32 Å². The van der Waals surface area contributed by atoms with Crippen molar-refractivity contribution < 1.29 is 0 Å². The zero-order valence-electron chi connectivity index (χ0n) is 11.2. The third-order valence-corrected chi connectivity index (χ3v) is 4.06. The molecule has 3 rings (SSSR count). The summed E-state index contributed by atoms with van der Waals surface area (Å²) in [7, 11) is 2.17. The third kappa shape index (κ3) is 2.67. The summed E-state index contributed by atoms with van der Waals surface area (Å²) in [6.45, 7) is 3.36. The van der Waals surface area contributed by atoms with E-state index in [2.05, 4.69) is 34.3 Å². The average Bonchev–Trinajstić information content (AvgIpc) is 2.75. The van der Waals surface area contributed by atoms with E-state index >= 15 is 0 Å². The Bertz CT molecular complexity index is 581. The summed E-state index contributed by atoms with van der Waals surface area (Å²) in [4.78, 5) is 6.84. The average molecular weight is 280 g/mol. The normalized spacial score (nSPS) is 24.8. The molecule has 0 aromatic carbocycles. The SMILES string of the molecule is CC1CC(Nc2nc3ccc(Cl)cn3n2)CCN1C. The van der Waals surface area contributed by atoms with E-state index in [9.17, 15) is 0 Å². The minimum atomic E-state index is 0.444. The molecule has 0 bridgehead atoms. The van der Waals surface area contributed by atoms with Gasteiger partial charge in [0.1, 0.15) is 0 Å². The molecule has 5 nitrogen and oxygen atoms in total. The van der Waals surface area contributed by atoms with Gasteiger partial charge in [0, 0.05) is 24.8 Å². The van der Waals surface area contributed by atoms with Crippen LogP contribution in [0.25, 0.3) is 5.65 Å². The Hall–Kier alpha value is -1.33. The standard InChI is InChI=1S/C13H18ClN5/c1-9-7-11(5-6-18(9)2)15-13-16-12-4-3-10(14)8-19(12)17-13/h3-4,8-9,11H,5-7H2,1-2H3,(H,15,17). The van der Waals surface area contributed by atoms with Gasteiger partial charge in [-0.05, 0) is 38.9 Å². The van der Waals surface area contributed by atoms with E-state index in [-0.39, 0.29) is 0 Å². The second-order valence-electron chi connectivity index (χ2n) is 5.28. The molecule has 0 spiro atoms. The molecule has 1 fully saturated rings. The maximum atomic E-state index is 5.94. The van der Waals surface area contributed by atoms with Gasteiger partial charge in [0.05, 0.1) is 5.02 Å². The lowest BCUT2D eigenvalue weighted by molar-refractivity contribution is 0.190. The van der Waals surface area contributed by atoms with Crippen molar-refractivity contribution in [2.75, 3.05) is 18.9 Å². The zero-order chi connectivity index (χ0) is 13.4. The summed E-state index contributed by atoms with van der Waals surface area (Å²) in [6, 6.07) is 4.74. The molecule has 19 heavy (non-hydrogen) atoms. The molecule has 2 aromatic heterocycles. The predicted molar refractivity (Wildman–Crippen MR) is 76.7 cm³/mol. The Kier molecular flexibility index (Phi) is 3.33. The van der Waals surface area contributed by atoms with Crippen LogP contribution in [0.4, 0.5) is 5.95 Å². The summed E-state index contributed by atoms with van der Waals surface area (Å²) >= 11 is 5.94. The summed E-state index contributed by atoms with van der Waals surface area (Å²) in [5.74, 6) is 0.684. The first-order chi connectivity index (χ1) is 9.11. The lowest BCUT2D eigenvalue weighted by Crippen LogP contribution is -2.42. The highest BCUT2D eigenvalue weighted by molar-refractivity contribution is 6.30. The highest BCUT2D eigenvalue weighted by Crippen LogP contribution is 2.19. The van der Waals surface area contributed by atoms with Gasteiger partial charge >= 0.3 is 0 Å². The van der Waals surface area contributed by atoms with Crippen molar-refractivity contribution in [3.63, 3.8) is 0 Å². The first-order valence-electron chi connectivity index (χ1n) is 6.60. The van der Waals surface area contributed by atoms with Crippen molar-refractivity contribution in [2.45, 2.75) is 31.8 Å². The number of pyridine rings is 1. The molecule has 6 heteroatoms. The second kappa shape index (κ2) is 4.98. The quantitative estimate of drug-likeness (QED) is 0.916. The van der Waals surface area contributed by atoms with E-state index in [1.165, 1.54) is 0 Å². The van der Waals surface area contributed by atoms with Crippen molar-refractivity contribution in [1.29, 1.82) is 0 Å². The Morgan fingerprint density at radius 2 is 2.26 bits per heavy atom. The Balaban J connectivity index is 1.74. The molecule has 1 saturated heterocycles. The smallest absolute Gasteiger partial charge is 0.243 e. The fourth-order valence-corrected chi connectivity index (χ4v) is 2.68. The van der Waals surface area contributed by atoms with Gasteiger partial charge < -0.3 is 10.2 Å². The number of halogens is 1. The molecule has 1 aliphatic rings. The number of rotatable bonds is 2. The van der Waals surface area contributed by atoms with Gasteiger partial charge in [-0.2, -0.15) is 4.98 Å². The van der Waals surface area contributed by atoms with Gasteiger partial charge in [-0.15, -0.1) is 5.10 Å². The number of anilines is 1. The summed E-state index contributed by atoms with van der Waals surface area (Å²) < 4.78 is 1.71. The van der Waals surface area contributed by atoms with Gasteiger partial charge in [-0.1, -0.05) is 11.6 Å². The number of nitrogens with one attached hydrogen (secondary N) is 1. The van der Waals surface area contributed by atoms with Crippen LogP contribution in [0.3, 0.4) is 0 Å². The predicted octanol–water partition coefficient (Wildman–Crippen LogP) is 2.28. The molecule has 0 aliphatic carbocycles. The van der Waals surface area contributed by atoms with Crippen LogP contribution >= 0.6 is 11.6 Å². The number of likely N-dealkylation sites (tertiary alicyclic amines) is 1. The van der Waals surface area contributed by atoms with Crippen LogP contribution in [-0.2, 0) is 0 Å². The highest BCUT2D eigenvalue weighted by Gasteiger charge is 2.23. The molecule has 1 aliphatic heterocycles. The molecule has 0 amide bonds. The maximum Gasteiger partial charge on any atom is 0.243 e. The van der Waals surface area contributed by atoms with Crippen molar-refractivity contribution >= 4 is 23.2 Å². The van der Waals surface area contributed by atoms with Crippen LogP contribution in [0.5, 0.6) is 0 Å². The van der Waals surface area contributed by atoms with Crippen molar-refractivity contribution in [1.82, 2.24) is 19.5 Å². The molecule has 2 unspecified atom stereocenters. The molecular weight excluding hydrogens is 262 g/mol. The van der Waals surface area contributed by atoms with Gasteiger partial charge in [-0.25, -0.2) is 4.52 Å². The largest absolute Gasteiger partial charge is 0.350 e. The van der Waals surface area contributed by atoms with Gasteiger partial charge in [0.2, 0.25) is 5.95 Å². The zero-order valence-corrected chi connectivity index (χ0v) is 11.9. The molecule has 2 atom stereocenters. The first-order valence-corrected chi connectivity index (χ1v) is 6.98. The van der Waals surface area contributed by atoms with Crippen molar-refractivity contribution in [2.24, 2.45) is 0 Å². The Morgan fingerprint density at radius 3 is 3.05 bits per heavy atom. The summed E-state index contributed by atoms with van der Waals surface area (Å²) in [6.07, 6.45) is 4.01. The van der Waals surface area contributed by atoms with Crippen LogP contribution in [-0.4, -0.2) is 45.2 Å². The van der Waals surface area contributed by atoms with E-state index in [0.29, 0.717) is 23.1 Å². The monoisotopic (exact) mass is 279 g/mol. The first kappa shape index (κ1) is 12.7. The molecule has 0 radical (unpaired) electrons. The molecule has 1 N–H and O–H groups in total. The van der Waals surface area contributed by atoms with Crippen LogP contribution in [0.1, 0.15) is 19.8 Å². The topological polar surface area (TPSA) is 45.5 Å². The molecule has 102 valence electrons. The third-order valence-electron chi connectivity index (χ3n) is 3.84. The molecule has 2 aromatic rings. The van der Waals surface area contributed by atoms with Crippen LogP contribution in [0.15, 0.2) is 18.3 Å². The Labute approximate surface area is 117 Å². The lowest BCUT2D eigenvalue weighted by atomic mass is 9.99. The van der Waals surface area contributed by atoms with E-state index in [4.69, 9.17) is 11.6 Å². The van der Waals surface area contributed by atoms with Gasteiger partial charge in [-0.3, -0.25) is 0 Å².